The molecule has 1 aliphatic heterocycles. The number of nitrogens with zero attached hydrogens (tertiary/aromatic N) is 3. The first-order chi connectivity index (χ1) is 11.6. The molecule has 1 N–H and O–H groups in total. The summed E-state index contributed by atoms with van der Waals surface area (Å²) in [5, 5.41) is 9.11. The van der Waals surface area contributed by atoms with Crippen LogP contribution in [0.4, 0.5) is 0 Å². The third-order valence-corrected chi connectivity index (χ3v) is 5.35. The van der Waals surface area contributed by atoms with Crippen molar-refractivity contribution < 1.29 is 0 Å². The molecule has 1 saturated heterocycles. The fraction of sp³-hybridized carbons (Fsp3) is 0.526. The standard InChI is InChI=1S/C19H27ClN4/c1-4-23-11-5-6-18(23)12-21-13-19-14(2)22-24(15(19)3)17-9-7-16(20)8-10-17/h7-10,18,21H,4-6,11-13H2,1-3H3. The van der Waals surface area contributed by atoms with E-state index in [1.165, 1.54) is 30.6 Å². The van der Waals surface area contributed by atoms with E-state index >= 15 is 0 Å². The molecule has 1 fully saturated rings. The molecule has 0 amide bonds. The van der Waals surface area contributed by atoms with Gasteiger partial charge in [-0.2, -0.15) is 5.10 Å². The lowest BCUT2D eigenvalue weighted by Crippen LogP contribution is -2.37. The summed E-state index contributed by atoms with van der Waals surface area (Å²) in [7, 11) is 0. The van der Waals surface area contributed by atoms with Gasteiger partial charge in [-0.1, -0.05) is 18.5 Å². The first-order valence-corrected chi connectivity index (χ1v) is 9.23. The lowest BCUT2D eigenvalue weighted by molar-refractivity contribution is 0.260. The molecular formula is C19H27ClN4. The molecular weight excluding hydrogens is 320 g/mol. The summed E-state index contributed by atoms with van der Waals surface area (Å²) in [4.78, 5) is 2.57. The van der Waals surface area contributed by atoms with Gasteiger partial charge in [-0.15, -0.1) is 0 Å². The number of likely N-dealkylation sites (N-methyl/N-ethyl adjacent to an activating group) is 1. The van der Waals surface area contributed by atoms with Gasteiger partial charge in [0.15, 0.2) is 0 Å². The van der Waals surface area contributed by atoms with Gasteiger partial charge in [0.1, 0.15) is 0 Å². The average molecular weight is 347 g/mol. The van der Waals surface area contributed by atoms with Gasteiger partial charge in [-0.3, -0.25) is 4.90 Å². The Balaban J connectivity index is 1.67. The first-order valence-electron chi connectivity index (χ1n) is 8.86. The van der Waals surface area contributed by atoms with Crippen LogP contribution in [0.5, 0.6) is 0 Å². The minimum atomic E-state index is 0.682. The van der Waals surface area contributed by atoms with Crippen molar-refractivity contribution in [1.82, 2.24) is 20.0 Å². The van der Waals surface area contributed by atoms with Gasteiger partial charge in [-0.05, 0) is 64.0 Å². The van der Waals surface area contributed by atoms with Gasteiger partial charge in [0.25, 0.3) is 0 Å². The molecule has 1 atom stereocenters. The topological polar surface area (TPSA) is 33.1 Å². The second-order valence-corrected chi connectivity index (χ2v) is 7.03. The van der Waals surface area contributed by atoms with E-state index in [0.717, 1.165) is 36.0 Å². The molecule has 5 heteroatoms. The Morgan fingerprint density at radius 3 is 2.71 bits per heavy atom. The minimum absolute atomic E-state index is 0.682. The molecule has 0 saturated carbocycles. The third-order valence-electron chi connectivity index (χ3n) is 5.10. The average Bonchev–Trinajstić information content (AvgIpc) is 3.14. The SMILES string of the molecule is CCN1CCCC1CNCc1c(C)nn(-c2ccc(Cl)cc2)c1C. The summed E-state index contributed by atoms with van der Waals surface area (Å²) in [6, 6.07) is 8.52. The number of rotatable bonds is 6. The number of aryl methyl sites for hydroxylation is 1. The number of benzene rings is 1. The van der Waals surface area contributed by atoms with E-state index in [-0.39, 0.29) is 0 Å². The Bertz CT molecular complexity index is 677. The van der Waals surface area contributed by atoms with Crippen molar-refractivity contribution in [2.75, 3.05) is 19.6 Å². The van der Waals surface area contributed by atoms with Crippen LogP contribution in [0.25, 0.3) is 5.69 Å². The molecule has 1 aromatic heterocycles. The summed E-state index contributed by atoms with van der Waals surface area (Å²) in [6.45, 7) is 10.8. The molecule has 1 unspecified atom stereocenters. The Morgan fingerprint density at radius 1 is 1.25 bits per heavy atom. The van der Waals surface area contributed by atoms with E-state index in [0.29, 0.717) is 6.04 Å². The van der Waals surface area contributed by atoms with Gasteiger partial charge < -0.3 is 5.32 Å². The van der Waals surface area contributed by atoms with Crippen molar-refractivity contribution in [3.63, 3.8) is 0 Å². The molecule has 0 radical (unpaired) electrons. The smallest absolute Gasteiger partial charge is 0.0649 e. The van der Waals surface area contributed by atoms with E-state index in [4.69, 9.17) is 16.7 Å². The lowest BCUT2D eigenvalue weighted by atomic mass is 10.1. The minimum Gasteiger partial charge on any atom is -0.311 e. The highest BCUT2D eigenvalue weighted by molar-refractivity contribution is 6.30. The fourth-order valence-electron chi connectivity index (χ4n) is 3.67. The third kappa shape index (κ3) is 3.66. The summed E-state index contributed by atoms with van der Waals surface area (Å²) in [5.41, 5.74) is 4.64. The van der Waals surface area contributed by atoms with Crippen molar-refractivity contribution in [3.05, 3.63) is 46.2 Å². The number of halogens is 1. The first kappa shape index (κ1) is 17.5. The highest BCUT2D eigenvalue weighted by Gasteiger charge is 2.22. The Labute approximate surface area is 149 Å². The van der Waals surface area contributed by atoms with Gasteiger partial charge >= 0.3 is 0 Å². The van der Waals surface area contributed by atoms with E-state index in [1.807, 2.05) is 28.9 Å². The number of likely N-dealkylation sites (tertiary alicyclic amines) is 1. The van der Waals surface area contributed by atoms with Crippen molar-refractivity contribution >= 4 is 11.6 Å². The molecule has 3 rings (SSSR count). The molecule has 0 bridgehead atoms. The maximum absolute atomic E-state index is 5.99. The largest absolute Gasteiger partial charge is 0.311 e. The maximum atomic E-state index is 5.99. The van der Waals surface area contributed by atoms with Crippen LogP contribution >= 0.6 is 11.6 Å². The summed E-state index contributed by atoms with van der Waals surface area (Å²) in [6.07, 6.45) is 2.63. The quantitative estimate of drug-likeness (QED) is 0.865. The second-order valence-electron chi connectivity index (χ2n) is 6.59. The monoisotopic (exact) mass is 346 g/mol. The van der Waals surface area contributed by atoms with Crippen LogP contribution in [0, 0.1) is 13.8 Å². The highest BCUT2D eigenvalue weighted by Crippen LogP contribution is 2.20. The van der Waals surface area contributed by atoms with Gasteiger partial charge in [-0.25, -0.2) is 4.68 Å². The molecule has 2 heterocycles. The van der Waals surface area contributed by atoms with Crippen LogP contribution in [0.2, 0.25) is 5.02 Å². The van der Waals surface area contributed by atoms with Crippen LogP contribution < -0.4 is 5.32 Å². The van der Waals surface area contributed by atoms with E-state index < -0.39 is 0 Å². The van der Waals surface area contributed by atoms with Crippen molar-refractivity contribution in [3.8, 4) is 5.69 Å². The van der Waals surface area contributed by atoms with E-state index in [9.17, 15) is 0 Å². The second kappa shape index (κ2) is 7.68. The number of nitrogens with one attached hydrogen (secondary N) is 1. The van der Waals surface area contributed by atoms with Gasteiger partial charge in [0.05, 0.1) is 11.4 Å². The van der Waals surface area contributed by atoms with Gasteiger partial charge in [0.2, 0.25) is 0 Å². The number of aromatic nitrogens is 2. The van der Waals surface area contributed by atoms with Crippen LogP contribution in [-0.2, 0) is 6.54 Å². The predicted octanol–water partition coefficient (Wildman–Crippen LogP) is 3.72. The molecule has 2 aromatic rings. The predicted molar refractivity (Wildman–Crippen MR) is 100 cm³/mol. The zero-order valence-electron chi connectivity index (χ0n) is 14.8. The van der Waals surface area contributed by atoms with Crippen LogP contribution in [0.15, 0.2) is 24.3 Å². The molecule has 1 aromatic carbocycles. The molecule has 0 aliphatic carbocycles. The number of hydrogen-bond acceptors (Lipinski definition) is 3. The van der Waals surface area contributed by atoms with Gasteiger partial charge in [0, 0.05) is 35.4 Å². The molecule has 130 valence electrons. The Morgan fingerprint density at radius 2 is 2.00 bits per heavy atom. The highest BCUT2D eigenvalue weighted by atomic mass is 35.5. The Hall–Kier alpha value is -1.36. The summed E-state index contributed by atoms with van der Waals surface area (Å²) < 4.78 is 2.01. The van der Waals surface area contributed by atoms with Crippen molar-refractivity contribution in [1.29, 1.82) is 0 Å². The lowest BCUT2D eigenvalue weighted by Gasteiger charge is -2.23. The van der Waals surface area contributed by atoms with E-state index in [2.05, 4.69) is 31.0 Å². The summed E-state index contributed by atoms with van der Waals surface area (Å²) >= 11 is 5.99. The zero-order chi connectivity index (χ0) is 17.1. The zero-order valence-corrected chi connectivity index (χ0v) is 15.6. The number of hydrogen-bond donors (Lipinski definition) is 1. The normalized spacial score (nSPS) is 18.4. The van der Waals surface area contributed by atoms with Crippen LogP contribution in [0.3, 0.4) is 0 Å². The van der Waals surface area contributed by atoms with Crippen LogP contribution in [-0.4, -0.2) is 40.4 Å². The molecule has 24 heavy (non-hydrogen) atoms. The Kier molecular flexibility index (Phi) is 5.59. The van der Waals surface area contributed by atoms with Crippen LogP contribution in [0.1, 0.15) is 36.7 Å². The maximum Gasteiger partial charge on any atom is 0.0649 e. The van der Waals surface area contributed by atoms with Crippen molar-refractivity contribution in [2.45, 2.75) is 46.2 Å². The fourth-order valence-corrected chi connectivity index (χ4v) is 3.80. The molecule has 1 aliphatic rings. The van der Waals surface area contributed by atoms with E-state index in [1.54, 1.807) is 0 Å². The molecule has 0 spiro atoms. The van der Waals surface area contributed by atoms with Crippen molar-refractivity contribution in [2.24, 2.45) is 0 Å². The summed E-state index contributed by atoms with van der Waals surface area (Å²) in [5.74, 6) is 0. The molecule has 4 nitrogen and oxygen atoms in total.